The number of carbonyl (C=O) groups is 1. The molecule has 0 atom stereocenters. The van der Waals surface area contributed by atoms with Crippen molar-refractivity contribution in [2.45, 2.75) is 0 Å². The maximum absolute atomic E-state index is 11.6. The molecule has 2 rings (SSSR count). The molecule has 16 heavy (non-hydrogen) atoms. The molecule has 0 aliphatic carbocycles. The van der Waals surface area contributed by atoms with Gasteiger partial charge in [0.2, 0.25) is 0 Å². The van der Waals surface area contributed by atoms with Crippen LogP contribution in [-0.2, 0) is 0 Å². The number of aromatic nitrogens is 3. The van der Waals surface area contributed by atoms with Crippen molar-refractivity contribution in [3.05, 3.63) is 30.0 Å². The summed E-state index contributed by atoms with van der Waals surface area (Å²) in [5.74, 6) is -0.402. The van der Waals surface area contributed by atoms with E-state index in [2.05, 4.69) is 20.7 Å². The van der Waals surface area contributed by atoms with E-state index in [1.165, 1.54) is 12.1 Å². The number of amides is 1. The van der Waals surface area contributed by atoms with Crippen molar-refractivity contribution in [1.82, 2.24) is 15.4 Å². The fraction of sp³-hybridized carbons (Fsp3) is 0. The lowest BCUT2D eigenvalue weighted by Crippen LogP contribution is -2.14. The normalized spacial score (nSPS) is 10.0. The van der Waals surface area contributed by atoms with Crippen LogP contribution in [0.15, 0.2) is 24.3 Å². The summed E-state index contributed by atoms with van der Waals surface area (Å²) in [4.78, 5) is 11.6. The van der Waals surface area contributed by atoms with Crippen LogP contribution in [0.3, 0.4) is 0 Å². The highest BCUT2D eigenvalue weighted by Gasteiger charge is 2.13. The fourth-order valence-electron chi connectivity index (χ4n) is 1.18. The van der Waals surface area contributed by atoms with E-state index in [0.717, 1.165) is 0 Å². The number of H-pyrrole nitrogens is 1. The summed E-state index contributed by atoms with van der Waals surface area (Å²) in [7, 11) is 0. The molecule has 1 aromatic heterocycles. The molecule has 1 aromatic carbocycles. The molecule has 7 heteroatoms. The van der Waals surface area contributed by atoms with Gasteiger partial charge < -0.3 is 16.2 Å². The van der Waals surface area contributed by atoms with E-state index >= 15 is 0 Å². The monoisotopic (exact) mass is 219 g/mol. The number of nitrogens with one attached hydrogen (secondary N) is 2. The molecule has 0 saturated heterocycles. The van der Waals surface area contributed by atoms with Crippen LogP contribution in [0.4, 0.5) is 11.5 Å². The van der Waals surface area contributed by atoms with E-state index in [0.29, 0.717) is 5.69 Å². The van der Waals surface area contributed by atoms with Crippen LogP contribution in [0.1, 0.15) is 10.5 Å². The minimum absolute atomic E-state index is 0.0170. The Balaban J connectivity index is 2.17. The molecule has 82 valence electrons. The van der Waals surface area contributed by atoms with Crippen LogP contribution >= 0.6 is 0 Å². The van der Waals surface area contributed by atoms with Crippen molar-refractivity contribution >= 4 is 17.4 Å². The van der Waals surface area contributed by atoms with Gasteiger partial charge in [-0.15, -0.1) is 10.2 Å². The van der Waals surface area contributed by atoms with E-state index in [9.17, 15) is 9.90 Å². The molecule has 0 fully saturated rings. The third-order valence-electron chi connectivity index (χ3n) is 1.89. The van der Waals surface area contributed by atoms with Gasteiger partial charge in [-0.2, -0.15) is 5.21 Å². The van der Waals surface area contributed by atoms with Gasteiger partial charge in [-0.3, -0.25) is 4.79 Å². The summed E-state index contributed by atoms with van der Waals surface area (Å²) in [6.07, 6.45) is 0. The van der Waals surface area contributed by atoms with Crippen molar-refractivity contribution < 1.29 is 9.90 Å². The zero-order valence-electron chi connectivity index (χ0n) is 8.14. The van der Waals surface area contributed by atoms with Gasteiger partial charge in [-0.1, -0.05) is 6.07 Å². The molecule has 0 unspecified atom stereocenters. The molecule has 0 aliphatic heterocycles. The second-order valence-corrected chi connectivity index (χ2v) is 3.06. The molecule has 0 spiro atoms. The average Bonchev–Trinajstić information content (AvgIpc) is 2.64. The van der Waals surface area contributed by atoms with Crippen molar-refractivity contribution in [2.24, 2.45) is 0 Å². The number of aromatic hydroxyl groups is 1. The Morgan fingerprint density at radius 3 is 2.88 bits per heavy atom. The first kappa shape index (κ1) is 9.97. The second kappa shape index (κ2) is 3.89. The predicted molar refractivity (Wildman–Crippen MR) is 56.9 cm³/mol. The number of nitrogens with zero attached hydrogens (tertiary/aromatic N) is 2. The van der Waals surface area contributed by atoms with Crippen LogP contribution in [0.25, 0.3) is 0 Å². The van der Waals surface area contributed by atoms with Gasteiger partial charge in [-0.05, 0) is 12.1 Å². The minimum Gasteiger partial charge on any atom is -0.508 e. The van der Waals surface area contributed by atoms with Gasteiger partial charge in [0.05, 0.1) is 0 Å². The van der Waals surface area contributed by atoms with Crippen LogP contribution < -0.4 is 11.1 Å². The molecule has 0 aliphatic rings. The molecule has 1 amide bonds. The lowest BCUT2D eigenvalue weighted by atomic mass is 10.3. The summed E-state index contributed by atoms with van der Waals surface area (Å²) in [6, 6.07) is 6.15. The van der Waals surface area contributed by atoms with Crippen LogP contribution in [-0.4, -0.2) is 26.4 Å². The van der Waals surface area contributed by atoms with Gasteiger partial charge in [-0.25, -0.2) is 0 Å². The summed E-state index contributed by atoms with van der Waals surface area (Å²) in [6.45, 7) is 0. The zero-order chi connectivity index (χ0) is 11.5. The second-order valence-electron chi connectivity index (χ2n) is 3.06. The Morgan fingerprint density at radius 1 is 1.44 bits per heavy atom. The van der Waals surface area contributed by atoms with Gasteiger partial charge in [0.1, 0.15) is 5.75 Å². The minimum atomic E-state index is -0.489. The summed E-state index contributed by atoms with van der Waals surface area (Å²) < 4.78 is 0. The first-order valence-corrected chi connectivity index (χ1v) is 4.43. The Hall–Kier alpha value is -2.57. The Bertz CT molecular complexity index is 522. The van der Waals surface area contributed by atoms with E-state index in [-0.39, 0.29) is 17.3 Å². The van der Waals surface area contributed by atoms with Gasteiger partial charge in [0, 0.05) is 11.8 Å². The van der Waals surface area contributed by atoms with Gasteiger partial charge in [0.15, 0.2) is 11.5 Å². The third-order valence-corrected chi connectivity index (χ3v) is 1.89. The van der Waals surface area contributed by atoms with Crippen molar-refractivity contribution in [3.8, 4) is 5.75 Å². The van der Waals surface area contributed by atoms with E-state index in [1.807, 2.05) is 0 Å². The van der Waals surface area contributed by atoms with E-state index in [4.69, 9.17) is 5.73 Å². The summed E-state index contributed by atoms with van der Waals surface area (Å²) in [5, 5.41) is 21.1. The zero-order valence-corrected chi connectivity index (χ0v) is 8.14. The summed E-state index contributed by atoms with van der Waals surface area (Å²) >= 11 is 0. The predicted octanol–water partition coefficient (Wildman–Crippen LogP) is 0.345. The highest BCUT2D eigenvalue weighted by atomic mass is 16.3. The first-order valence-electron chi connectivity index (χ1n) is 4.43. The number of phenolic OH excluding ortho intramolecular Hbond substituents is 1. The number of nitrogens with two attached hydrogens (primary N) is 1. The van der Waals surface area contributed by atoms with Gasteiger partial charge in [0.25, 0.3) is 5.91 Å². The van der Waals surface area contributed by atoms with Gasteiger partial charge >= 0.3 is 0 Å². The van der Waals surface area contributed by atoms with E-state index in [1.54, 1.807) is 12.1 Å². The molecule has 0 radical (unpaired) electrons. The van der Waals surface area contributed by atoms with Crippen molar-refractivity contribution in [1.29, 1.82) is 0 Å². The lowest BCUT2D eigenvalue weighted by molar-refractivity contribution is 0.102. The Morgan fingerprint density at radius 2 is 2.25 bits per heavy atom. The van der Waals surface area contributed by atoms with Crippen LogP contribution in [0.5, 0.6) is 5.75 Å². The third kappa shape index (κ3) is 1.92. The van der Waals surface area contributed by atoms with Crippen molar-refractivity contribution in [3.63, 3.8) is 0 Å². The Labute approximate surface area is 90.3 Å². The molecule has 0 saturated carbocycles. The lowest BCUT2D eigenvalue weighted by Gasteiger charge is -2.03. The molecular weight excluding hydrogens is 210 g/mol. The van der Waals surface area contributed by atoms with Crippen LogP contribution in [0.2, 0.25) is 0 Å². The summed E-state index contributed by atoms with van der Waals surface area (Å²) in [5.41, 5.74) is 5.88. The number of phenols is 1. The molecular formula is C9H9N5O2. The largest absolute Gasteiger partial charge is 0.508 e. The molecule has 5 N–H and O–H groups in total. The molecule has 1 heterocycles. The highest BCUT2D eigenvalue weighted by Crippen LogP contribution is 2.16. The topological polar surface area (TPSA) is 117 Å². The fourth-order valence-corrected chi connectivity index (χ4v) is 1.18. The van der Waals surface area contributed by atoms with E-state index < -0.39 is 5.91 Å². The average molecular weight is 219 g/mol. The molecule has 7 nitrogen and oxygen atoms in total. The SMILES string of the molecule is Nc1n[nH]nc1C(=O)Nc1cccc(O)c1. The quantitative estimate of drug-likeness (QED) is 0.581. The highest BCUT2D eigenvalue weighted by molar-refractivity contribution is 6.05. The molecule has 0 bridgehead atoms. The maximum atomic E-state index is 11.6. The number of rotatable bonds is 2. The molecule has 2 aromatic rings. The number of anilines is 2. The number of carbonyl (C=O) groups excluding carboxylic acids is 1. The number of aromatic amines is 1. The maximum Gasteiger partial charge on any atom is 0.280 e. The number of hydrogen-bond acceptors (Lipinski definition) is 5. The first-order chi connectivity index (χ1) is 7.66. The number of hydrogen-bond donors (Lipinski definition) is 4. The Kier molecular flexibility index (Phi) is 2.42. The standard InChI is InChI=1S/C9H9N5O2/c10-8-7(12-14-13-8)9(16)11-5-2-1-3-6(15)4-5/h1-4,15H,(H,11,16)(H3,10,12,13,14). The van der Waals surface area contributed by atoms with Crippen molar-refractivity contribution in [2.75, 3.05) is 11.1 Å². The smallest absolute Gasteiger partial charge is 0.280 e. The number of benzene rings is 1. The number of nitrogen functional groups attached to an aromatic ring is 1. The van der Waals surface area contributed by atoms with Crippen LogP contribution in [0, 0.1) is 0 Å².